The monoisotopic (exact) mass is 319 g/mol. The molecule has 1 amide bonds. The second kappa shape index (κ2) is 6.71. The van der Waals surface area contributed by atoms with Crippen LogP contribution in [-0.2, 0) is 6.42 Å². The first-order valence-electron chi connectivity index (χ1n) is 8.11. The lowest BCUT2D eigenvalue weighted by atomic mass is 10.1. The van der Waals surface area contributed by atoms with Gasteiger partial charge in [-0.2, -0.15) is 5.10 Å². The van der Waals surface area contributed by atoms with Crippen molar-refractivity contribution in [3.05, 3.63) is 77.1 Å². The smallest absolute Gasteiger partial charge is 0.259 e. The minimum Gasteiger partial charge on any atom is -0.322 e. The number of rotatable bonds is 4. The van der Waals surface area contributed by atoms with Crippen molar-refractivity contribution in [1.29, 1.82) is 0 Å². The molecule has 0 radical (unpaired) electrons. The van der Waals surface area contributed by atoms with Gasteiger partial charge in [-0.1, -0.05) is 31.2 Å². The van der Waals surface area contributed by atoms with Crippen LogP contribution in [-0.4, -0.2) is 15.7 Å². The van der Waals surface area contributed by atoms with Crippen molar-refractivity contribution in [3.8, 4) is 5.69 Å². The predicted octanol–water partition coefficient (Wildman–Crippen LogP) is 4.30. The van der Waals surface area contributed by atoms with Crippen LogP contribution in [0.1, 0.15) is 34.1 Å². The van der Waals surface area contributed by atoms with Gasteiger partial charge in [0.15, 0.2) is 0 Å². The molecule has 0 fully saturated rings. The Morgan fingerprint density at radius 2 is 1.83 bits per heavy atom. The third-order valence-corrected chi connectivity index (χ3v) is 4.21. The van der Waals surface area contributed by atoms with E-state index in [1.807, 2.05) is 67.1 Å². The Morgan fingerprint density at radius 3 is 2.50 bits per heavy atom. The Morgan fingerprint density at radius 1 is 1.08 bits per heavy atom. The van der Waals surface area contributed by atoms with E-state index in [2.05, 4.69) is 17.3 Å². The minimum absolute atomic E-state index is 0.128. The molecule has 4 heteroatoms. The molecule has 3 aromatic rings. The van der Waals surface area contributed by atoms with Gasteiger partial charge in [-0.05, 0) is 55.7 Å². The normalized spacial score (nSPS) is 10.6. The van der Waals surface area contributed by atoms with Crippen LogP contribution in [0, 0.1) is 13.8 Å². The van der Waals surface area contributed by atoms with Gasteiger partial charge < -0.3 is 5.32 Å². The van der Waals surface area contributed by atoms with Crippen LogP contribution in [0.15, 0.2) is 54.7 Å². The van der Waals surface area contributed by atoms with Gasteiger partial charge in [-0.3, -0.25) is 4.79 Å². The topological polar surface area (TPSA) is 46.9 Å². The Bertz CT molecular complexity index is 866. The molecule has 0 unspecified atom stereocenters. The van der Waals surface area contributed by atoms with E-state index in [1.165, 1.54) is 5.56 Å². The van der Waals surface area contributed by atoms with E-state index in [9.17, 15) is 4.79 Å². The predicted molar refractivity (Wildman–Crippen MR) is 96.8 cm³/mol. The summed E-state index contributed by atoms with van der Waals surface area (Å²) in [4.78, 5) is 12.7. The molecule has 1 aromatic heterocycles. The summed E-state index contributed by atoms with van der Waals surface area (Å²) in [5.41, 5.74) is 5.64. The quantitative estimate of drug-likeness (QED) is 0.779. The van der Waals surface area contributed by atoms with Gasteiger partial charge in [0.05, 0.1) is 23.1 Å². The van der Waals surface area contributed by atoms with Crippen molar-refractivity contribution in [2.75, 3.05) is 5.32 Å². The number of anilines is 1. The van der Waals surface area contributed by atoms with E-state index >= 15 is 0 Å². The van der Waals surface area contributed by atoms with Crippen LogP contribution in [0.25, 0.3) is 5.69 Å². The minimum atomic E-state index is -0.128. The molecule has 3 rings (SSSR count). The molecule has 0 atom stereocenters. The lowest BCUT2D eigenvalue weighted by Gasteiger charge is -2.09. The van der Waals surface area contributed by atoms with Crippen molar-refractivity contribution >= 4 is 11.6 Å². The number of carbonyl (C=O) groups excluding carboxylic acids is 1. The Balaban J connectivity index is 1.90. The summed E-state index contributed by atoms with van der Waals surface area (Å²) < 4.78 is 1.83. The molecule has 24 heavy (non-hydrogen) atoms. The van der Waals surface area contributed by atoms with E-state index in [4.69, 9.17) is 0 Å². The summed E-state index contributed by atoms with van der Waals surface area (Å²) >= 11 is 0. The van der Waals surface area contributed by atoms with Crippen molar-refractivity contribution in [3.63, 3.8) is 0 Å². The van der Waals surface area contributed by atoms with Gasteiger partial charge in [0.25, 0.3) is 5.91 Å². The van der Waals surface area contributed by atoms with E-state index in [1.54, 1.807) is 6.20 Å². The number of amides is 1. The summed E-state index contributed by atoms with van der Waals surface area (Å²) in [6.45, 7) is 6.12. The number of aromatic nitrogens is 2. The molecule has 1 N–H and O–H groups in total. The number of nitrogens with zero attached hydrogens (tertiary/aromatic N) is 2. The lowest BCUT2D eigenvalue weighted by Crippen LogP contribution is -2.14. The zero-order valence-electron chi connectivity index (χ0n) is 14.2. The molecule has 0 saturated carbocycles. The number of aryl methyl sites for hydroxylation is 2. The molecule has 2 aromatic carbocycles. The van der Waals surface area contributed by atoms with Crippen LogP contribution in [0.2, 0.25) is 0 Å². The summed E-state index contributed by atoms with van der Waals surface area (Å²) in [5.74, 6) is -0.128. The first-order chi connectivity index (χ1) is 11.6. The summed E-state index contributed by atoms with van der Waals surface area (Å²) in [5, 5.41) is 7.38. The Labute approximate surface area is 142 Å². The van der Waals surface area contributed by atoms with E-state index in [0.717, 1.165) is 29.1 Å². The molecule has 122 valence electrons. The number of nitrogens with one attached hydrogen (secondary N) is 1. The van der Waals surface area contributed by atoms with Gasteiger partial charge >= 0.3 is 0 Å². The van der Waals surface area contributed by atoms with Crippen LogP contribution in [0.5, 0.6) is 0 Å². The number of hydrogen-bond acceptors (Lipinski definition) is 2. The van der Waals surface area contributed by atoms with Gasteiger partial charge in [0.2, 0.25) is 0 Å². The molecule has 0 saturated heterocycles. The third kappa shape index (κ3) is 3.08. The highest BCUT2D eigenvalue weighted by molar-refractivity contribution is 6.05. The Kier molecular flexibility index (Phi) is 4.47. The van der Waals surface area contributed by atoms with Crippen molar-refractivity contribution in [2.24, 2.45) is 0 Å². The summed E-state index contributed by atoms with van der Waals surface area (Å²) in [6, 6.07) is 15.8. The fraction of sp³-hybridized carbons (Fsp3) is 0.200. The largest absolute Gasteiger partial charge is 0.322 e. The molecular weight excluding hydrogens is 298 g/mol. The average Bonchev–Trinajstić information content (AvgIpc) is 3.03. The van der Waals surface area contributed by atoms with Crippen LogP contribution in [0.4, 0.5) is 5.69 Å². The van der Waals surface area contributed by atoms with Crippen LogP contribution in [0.3, 0.4) is 0 Å². The second-order valence-electron chi connectivity index (χ2n) is 5.86. The zero-order chi connectivity index (χ0) is 17.1. The number of benzene rings is 2. The highest BCUT2D eigenvalue weighted by Gasteiger charge is 2.17. The van der Waals surface area contributed by atoms with E-state index in [-0.39, 0.29) is 5.91 Å². The van der Waals surface area contributed by atoms with E-state index in [0.29, 0.717) is 5.56 Å². The molecule has 1 heterocycles. The molecule has 0 spiro atoms. The maximum Gasteiger partial charge on any atom is 0.259 e. The van der Waals surface area contributed by atoms with Crippen molar-refractivity contribution < 1.29 is 4.79 Å². The summed E-state index contributed by atoms with van der Waals surface area (Å²) in [7, 11) is 0. The maximum absolute atomic E-state index is 12.7. The molecule has 0 bridgehead atoms. The highest BCUT2D eigenvalue weighted by Crippen LogP contribution is 2.19. The molecule has 0 aliphatic carbocycles. The highest BCUT2D eigenvalue weighted by atomic mass is 16.1. The molecular formula is C20H21N3O. The molecule has 0 aliphatic rings. The van der Waals surface area contributed by atoms with Gasteiger partial charge in [-0.25, -0.2) is 4.68 Å². The first-order valence-corrected chi connectivity index (χ1v) is 8.11. The Hall–Kier alpha value is -2.88. The van der Waals surface area contributed by atoms with Crippen molar-refractivity contribution in [1.82, 2.24) is 9.78 Å². The number of carbonyl (C=O) groups is 1. The first kappa shape index (κ1) is 16.0. The van der Waals surface area contributed by atoms with Crippen molar-refractivity contribution in [2.45, 2.75) is 27.2 Å². The number of hydrogen-bond donors (Lipinski definition) is 1. The number of para-hydroxylation sites is 1. The van der Waals surface area contributed by atoms with Gasteiger partial charge in [0, 0.05) is 5.69 Å². The van der Waals surface area contributed by atoms with Crippen LogP contribution >= 0.6 is 0 Å². The fourth-order valence-electron chi connectivity index (χ4n) is 2.71. The SMILES string of the molecule is CCc1c(C(=O)Nc2ccc(C)c(C)c2)cnn1-c1ccccc1. The zero-order valence-corrected chi connectivity index (χ0v) is 14.2. The lowest BCUT2D eigenvalue weighted by molar-refractivity contribution is 0.102. The van der Waals surface area contributed by atoms with Crippen LogP contribution < -0.4 is 5.32 Å². The van der Waals surface area contributed by atoms with Gasteiger partial charge in [0.1, 0.15) is 0 Å². The maximum atomic E-state index is 12.7. The second-order valence-corrected chi connectivity index (χ2v) is 5.86. The molecule has 0 aliphatic heterocycles. The molecule has 4 nitrogen and oxygen atoms in total. The van der Waals surface area contributed by atoms with E-state index < -0.39 is 0 Å². The average molecular weight is 319 g/mol. The third-order valence-electron chi connectivity index (χ3n) is 4.21. The van der Waals surface area contributed by atoms with Gasteiger partial charge in [-0.15, -0.1) is 0 Å². The summed E-state index contributed by atoms with van der Waals surface area (Å²) in [6.07, 6.45) is 2.37. The fourth-order valence-corrected chi connectivity index (χ4v) is 2.71. The standard InChI is InChI=1S/C20H21N3O/c1-4-19-18(13-21-23(19)17-8-6-5-7-9-17)20(24)22-16-11-10-14(2)15(3)12-16/h5-13H,4H2,1-3H3,(H,22,24).